The fourth-order valence-corrected chi connectivity index (χ4v) is 5.77. The SMILES string of the molecule is COc1ccc(NC(=O)N(C)C[C@H]2Oc3c(NC(=O)c4ccc(-c5nccs5)cc4)cccc3C(=O)N([C@@H](C)CO)C[C@@H]2C)cc1. The van der Waals surface area contributed by atoms with E-state index < -0.39 is 12.1 Å². The van der Waals surface area contributed by atoms with Gasteiger partial charge < -0.3 is 35.0 Å². The van der Waals surface area contributed by atoms with Crippen LogP contribution in [-0.4, -0.2) is 83.7 Å². The van der Waals surface area contributed by atoms with Gasteiger partial charge in [0.2, 0.25) is 0 Å². The van der Waals surface area contributed by atoms with Gasteiger partial charge >= 0.3 is 6.03 Å². The first-order valence-corrected chi connectivity index (χ1v) is 15.8. The highest BCUT2D eigenvalue weighted by molar-refractivity contribution is 7.13. The Morgan fingerprint density at radius 1 is 1.13 bits per heavy atom. The average Bonchev–Trinajstić information content (AvgIpc) is 3.62. The molecule has 4 aromatic rings. The van der Waals surface area contributed by atoms with Crippen molar-refractivity contribution >= 4 is 40.6 Å². The number of hydrogen-bond donors (Lipinski definition) is 3. The molecule has 3 N–H and O–H groups in total. The van der Waals surface area contributed by atoms with Gasteiger partial charge in [0.1, 0.15) is 16.9 Å². The molecule has 2 heterocycles. The first-order chi connectivity index (χ1) is 22.2. The number of benzene rings is 3. The van der Waals surface area contributed by atoms with Crippen LogP contribution in [-0.2, 0) is 0 Å². The van der Waals surface area contributed by atoms with Crippen LogP contribution in [0.2, 0.25) is 0 Å². The molecular weight excluding hydrogens is 606 g/mol. The Hall–Kier alpha value is -4.94. The lowest BCUT2D eigenvalue weighted by Crippen LogP contribution is -2.50. The standard InChI is InChI=1S/C34H37N5O6S/c1-21-18-39(22(2)20-40)33(42)27-6-5-7-28(37-31(41)23-8-10-24(11-9-23)32-35-16-17-46-32)30(27)45-29(21)19-38(3)34(43)36-25-12-14-26(44-4)15-13-25/h5-17,21-22,29,40H,18-20H2,1-4H3,(H,36,43)(H,37,41)/t21-,22-,29+/m0/s1. The number of fused-ring (bicyclic) bond motifs is 1. The number of nitrogens with zero attached hydrogens (tertiary/aromatic N) is 3. The van der Waals surface area contributed by atoms with Crippen LogP contribution in [0.5, 0.6) is 11.5 Å². The number of carbonyl (C=O) groups is 3. The van der Waals surface area contributed by atoms with Gasteiger partial charge in [-0.25, -0.2) is 9.78 Å². The zero-order chi connectivity index (χ0) is 32.8. The summed E-state index contributed by atoms with van der Waals surface area (Å²) in [5.74, 6) is -0.0660. The fourth-order valence-electron chi connectivity index (χ4n) is 5.13. The van der Waals surface area contributed by atoms with Crippen LogP contribution in [0, 0.1) is 5.92 Å². The quantitative estimate of drug-likeness (QED) is 0.221. The van der Waals surface area contributed by atoms with Crippen molar-refractivity contribution in [3.63, 3.8) is 0 Å². The zero-order valence-corrected chi connectivity index (χ0v) is 26.9. The number of aliphatic hydroxyl groups excluding tert-OH is 1. The van der Waals surface area contributed by atoms with E-state index in [0.29, 0.717) is 29.2 Å². The molecule has 0 unspecified atom stereocenters. The number of nitrogens with one attached hydrogen (secondary N) is 2. The molecule has 0 fully saturated rings. The summed E-state index contributed by atoms with van der Waals surface area (Å²) in [5.41, 5.74) is 2.50. The number of anilines is 2. The number of rotatable bonds is 9. The van der Waals surface area contributed by atoms with Crippen molar-refractivity contribution in [2.75, 3.05) is 44.5 Å². The molecule has 4 amide bonds. The second-order valence-corrected chi connectivity index (χ2v) is 12.1. The molecule has 0 radical (unpaired) electrons. The van der Waals surface area contributed by atoms with Crippen molar-refractivity contribution in [3.8, 4) is 22.1 Å². The Morgan fingerprint density at radius 3 is 2.52 bits per heavy atom. The number of carbonyl (C=O) groups excluding carboxylic acids is 3. The molecule has 0 saturated heterocycles. The molecule has 0 bridgehead atoms. The lowest BCUT2D eigenvalue weighted by Gasteiger charge is -2.38. The minimum atomic E-state index is -0.567. The Bertz CT molecular complexity index is 1660. The van der Waals surface area contributed by atoms with Crippen molar-refractivity contribution in [3.05, 3.63) is 89.4 Å². The van der Waals surface area contributed by atoms with E-state index in [1.54, 1.807) is 86.8 Å². The van der Waals surface area contributed by atoms with Crippen LogP contribution in [0.15, 0.2) is 78.3 Å². The van der Waals surface area contributed by atoms with Gasteiger partial charge in [-0.15, -0.1) is 11.3 Å². The molecule has 1 aliphatic rings. The molecule has 12 heteroatoms. The van der Waals surface area contributed by atoms with Crippen molar-refractivity contribution in [2.24, 2.45) is 5.92 Å². The third-order valence-electron chi connectivity index (χ3n) is 7.91. The van der Waals surface area contributed by atoms with Crippen LogP contribution in [0.1, 0.15) is 34.6 Å². The third-order valence-corrected chi connectivity index (χ3v) is 8.73. The second kappa shape index (κ2) is 14.4. The number of urea groups is 1. The predicted octanol–water partition coefficient (Wildman–Crippen LogP) is 5.46. The smallest absolute Gasteiger partial charge is 0.321 e. The molecule has 1 aromatic heterocycles. The van der Waals surface area contributed by atoms with Crippen LogP contribution < -0.4 is 20.1 Å². The lowest BCUT2D eigenvalue weighted by atomic mass is 9.99. The van der Waals surface area contributed by atoms with Gasteiger partial charge in [0.25, 0.3) is 11.8 Å². The molecule has 5 rings (SSSR count). The van der Waals surface area contributed by atoms with Crippen LogP contribution >= 0.6 is 11.3 Å². The van der Waals surface area contributed by atoms with Gasteiger partial charge in [-0.3, -0.25) is 9.59 Å². The van der Waals surface area contributed by atoms with Gasteiger partial charge in [-0.2, -0.15) is 0 Å². The molecule has 11 nitrogen and oxygen atoms in total. The van der Waals surface area contributed by atoms with Gasteiger partial charge in [-0.05, 0) is 55.5 Å². The van der Waals surface area contributed by atoms with Crippen LogP contribution in [0.3, 0.4) is 0 Å². The van der Waals surface area contributed by atoms with Crippen molar-refractivity contribution < 1.29 is 29.0 Å². The predicted molar refractivity (Wildman–Crippen MR) is 178 cm³/mol. The lowest BCUT2D eigenvalue weighted by molar-refractivity contribution is 0.0372. The first-order valence-electron chi connectivity index (χ1n) is 14.9. The number of aromatic nitrogens is 1. The molecule has 0 saturated carbocycles. The third kappa shape index (κ3) is 7.30. The topological polar surface area (TPSA) is 133 Å². The van der Waals surface area contributed by atoms with Gasteiger partial charge in [0, 0.05) is 47.9 Å². The molecule has 240 valence electrons. The number of hydrogen-bond acceptors (Lipinski definition) is 8. The summed E-state index contributed by atoms with van der Waals surface area (Å²) >= 11 is 1.51. The van der Waals surface area contributed by atoms with E-state index in [2.05, 4.69) is 15.6 Å². The van der Waals surface area contributed by atoms with E-state index in [1.807, 2.05) is 24.4 Å². The number of ether oxygens (including phenoxy) is 2. The normalized spacial score (nSPS) is 16.7. The van der Waals surface area contributed by atoms with E-state index in [-0.39, 0.29) is 48.2 Å². The maximum atomic E-state index is 13.8. The summed E-state index contributed by atoms with van der Waals surface area (Å²) in [4.78, 5) is 47.8. The molecule has 0 spiro atoms. The number of methoxy groups -OCH3 is 1. The summed E-state index contributed by atoms with van der Waals surface area (Å²) in [6.45, 7) is 3.95. The summed E-state index contributed by atoms with van der Waals surface area (Å²) < 4.78 is 11.7. The number of para-hydroxylation sites is 1. The fraction of sp³-hybridized carbons (Fsp3) is 0.294. The van der Waals surface area contributed by atoms with E-state index in [9.17, 15) is 19.5 Å². The van der Waals surface area contributed by atoms with Crippen molar-refractivity contribution in [1.29, 1.82) is 0 Å². The minimum absolute atomic E-state index is 0.179. The van der Waals surface area contributed by atoms with Gasteiger partial charge in [-0.1, -0.05) is 25.1 Å². The van der Waals surface area contributed by atoms with E-state index in [4.69, 9.17) is 9.47 Å². The second-order valence-electron chi connectivity index (χ2n) is 11.2. The van der Waals surface area contributed by atoms with E-state index in [0.717, 1.165) is 10.6 Å². The minimum Gasteiger partial charge on any atom is -0.497 e. The molecule has 3 aromatic carbocycles. The first kappa shape index (κ1) is 32.5. The summed E-state index contributed by atoms with van der Waals surface area (Å²) in [5, 5.41) is 18.5. The maximum Gasteiger partial charge on any atom is 0.321 e. The highest BCUT2D eigenvalue weighted by Crippen LogP contribution is 2.35. The number of amides is 4. The number of aliphatic hydroxyl groups is 1. The largest absolute Gasteiger partial charge is 0.497 e. The van der Waals surface area contributed by atoms with Crippen molar-refractivity contribution in [2.45, 2.75) is 26.0 Å². The summed E-state index contributed by atoms with van der Waals surface area (Å²) in [6.07, 6.45) is 1.16. The maximum absolute atomic E-state index is 13.8. The monoisotopic (exact) mass is 643 g/mol. The Morgan fingerprint density at radius 2 is 1.87 bits per heavy atom. The van der Waals surface area contributed by atoms with Crippen LogP contribution in [0.4, 0.5) is 16.2 Å². The molecule has 3 atom stereocenters. The summed E-state index contributed by atoms with van der Waals surface area (Å²) in [7, 11) is 3.24. The summed E-state index contributed by atoms with van der Waals surface area (Å²) in [6, 6.07) is 18.3. The Balaban J connectivity index is 1.40. The average molecular weight is 644 g/mol. The molecular formula is C34H37N5O6S. The van der Waals surface area contributed by atoms with E-state index in [1.165, 1.54) is 16.2 Å². The molecule has 1 aliphatic heterocycles. The Labute approximate surface area is 271 Å². The van der Waals surface area contributed by atoms with Crippen LogP contribution in [0.25, 0.3) is 10.6 Å². The zero-order valence-electron chi connectivity index (χ0n) is 26.1. The highest BCUT2D eigenvalue weighted by Gasteiger charge is 2.35. The highest BCUT2D eigenvalue weighted by atomic mass is 32.1. The molecule has 0 aliphatic carbocycles. The van der Waals surface area contributed by atoms with Gasteiger partial charge in [0.15, 0.2) is 5.75 Å². The van der Waals surface area contributed by atoms with Crippen molar-refractivity contribution in [1.82, 2.24) is 14.8 Å². The molecule has 46 heavy (non-hydrogen) atoms. The number of likely N-dealkylation sites (N-methyl/N-ethyl adjacent to an activating group) is 1. The Kier molecular flexibility index (Phi) is 10.2. The van der Waals surface area contributed by atoms with E-state index >= 15 is 0 Å². The van der Waals surface area contributed by atoms with Gasteiger partial charge in [0.05, 0.1) is 37.6 Å². The number of thiazole rings is 1.